The minimum atomic E-state index is -0.0745. The highest BCUT2D eigenvalue weighted by molar-refractivity contribution is 7.15. The van der Waals surface area contributed by atoms with Gasteiger partial charge in [0.1, 0.15) is 0 Å². The molecule has 0 radical (unpaired) electrons. The van der Waals surface area contributed by atoms with Crippen LogP contribution in [0.15, 0.2) is 36.7 Å². The Morgan fingerprint density at radius 3 is 2.93 bits per heavy atom. The molecule has 3 aromatic rings. The molecule has 2 aliphatic rings. The molecule has 1 aromatic carbocycles. The summed E-state index contributed by atoms with van der Waals surface area (Å²) in [7, 11) is 1.92. The molecule has 1 N–H and O–H groups in total. The van der Waals surface area contributed by atoms with E-state index >= 15 is 0 Å². The molecule has 0 bridgehead atoms. The van der Waals surface area contributed by atoms with Crippen molar-refractivity contribution in [3.63, 3.8) is 0 Å². The second kappa shape index (κ2) is 7.05. The lowest BCUT2D eigenvalue weighted by atomic mass is 9.86. The SMILES string of the molecule is Cn1cc([C@H]2CN(C(=O)Nc3nc4c(s3)CCCC4)Cc3ccccc32)cn1. The molecule has 1 atom stereocenters. The molecule has 0 saturated heterocycles. The molecule has 0 unspecified atom stereocenters. The average molecular weight is 394 g/mol. The Balaban J connectivity index is 1.39. The monoisotopic (exact) mass is 393 g/mol. The number of aromatic nitrogens is 3. The van der Waals surface area contributed by atoms with Crippen LogP contribution >= 0.6 is 11.3 Å². The third-order valence-electron chi connectivity index (χ3n) is 5.67. The Kier molecular flexibility index (Phi) is 4.39. The number of carbonyl (C=O) groups is 1. The minimum absolute atomic E-state index is 0.0745. The van der Waals surface area contributed by atoms with Crippen molar-refractivity contribution in [3.8, 4) is 0 Å². The number of nitrogens with one attached hydrogen (secondary N) is 1. The maximum atomic E-state index is 13.0. The summed E-state index contributed by atoms with van der Waals surface area (Å²) < 4.78 is 1.82. The van der Waals surface area contributed by atoms with Crippen molar-refractivity contribution < 1.29 is 4.79 Å². The van der Waals surface area contributed by atoms with Gasteiger partial charge in [0.15, 0.2) is 5.13 Å². The fourth-order valence-corrected chi connectivity index (χ4v) is 5.28. The molecular formula is C21H23N5OS. The first-order valence-corrected chi connectivity index (χ1v) is 10.6. The van der Waals surface area contributed by atoms with Crippen LogP contribution in [-0.4, -0.2) is 32.2 Å². The third-order valence-corrected chi connectivity index (χ3v) is 6.74. The van der Waals surface area contributed by atoms with Crippen molar-refractivity contribution in [2.24, 2.45) is 7.05 Å². The van der Waals surface area contributed by atoms with Crippen LogP contribution in [0, 0.1) is 0 Å². The van der Waals surface area contributed by atoms with E-state index in [1.165, 1.54) is 34.5 Å². The largest absolute Gasteiger partial charge is 0.323 e. The first-order chi connectivity index (χ1) is 13.7. The molecule has 0 fully saturated rings. The Morgan fingerprint density at radius 1 is 1.25 bits per heavy atom. The molecule has 28 heavy (non-hydrogen) atoms. The molecular weight excluding hydrogens is 370 g/mol. The number of hydrogen-bond donors (Lipinski definition) is 1. The highest BCUT2D eigenvalue weighted by Gasteiger charge is 2.30. The first-order valence-electron chi connectivity index (χ1n) is 9.78. The van der Waals surface area contributed by atoms with E-state index in [4.69, 9.17) is 0 Å². The van der Waals surface area contributed by atoms with Crippen molar-refractivity contribution in [1.29, 1.82) is 0 Å². The quantitative estimate of drug-likeness (QED) is 0.717. The zero-order chi connectivity index (χ0) is 19.1. The van der Waals surface area contributed by atoms with Crippen LogP contribution in [0.5, 0.6) is 0 Å². The summed E-state index contributed by atoms with van der Waals surface area (Å²) in [5, 5.41) is 8.11. The number of rotatable bonds is 2. The van der Waals surface area contributed by atoms with E-state index in [9.17, 15) is 4.79 Å². The number of carbonyl (C=O) groups excluding carboxylic acids is 1. The van der Waals surface area contributed by atoms with Gasteiger partial charge in [-0.15, -0.1) is 11.3 Å². The van der Waals surface area contributed by atoms with E-state index in [1.807, 2.05) is 35.1 Å². The zero-order valence-electron chi connectivity index (χ0n) is 15.9. The Bertz CT molecular complexity index is 1000. The fraction of sp³-hybridized carbons (Fsp3) is 0.381. The minimum Gasteiger partial charge on any atom is -0.319 e. The second-order valence-electron chi connectivity index (χ2n) is 7.61. The lowest BCUT2D eigenvalue weighted by Crippen LogP contribution is -2.41. The maximum absolute atomic E-state index is 13.0. The average Bonchev–Trinajstić information content (AvgIpc) is 3.32. The maximum Gasteiger partial charge on any atom is 0.323 e. The molecule has 0 spiro atoms. The van der Waals surface area contributed by atoms with Gasteiger partial charge in [-0.3, -0.25) is 10.00 Å². The van der Waals surface area contributed by atoms with Crippen LogP contribution in [0.3, 0.4) is 0 Å². The molecule has 2 amide bonds. The van der Waals surface area contributed by atoms with Crippen molar-refractivity contribution in [1.82, 2.24) is 19.7 Å². The lowest BCUT2D eigenvalue weighted by molar-refractivity contribution is 0.203. The van der Waals surface area contributed by atoms with E-state index in [1.54, 1.807) is 11.3 Å². The van der Waals surface area contributed by atoms with E-state index in [0.29, 0.717) is 13.1 Å². The van der Waals surface area contributed by atoms with Crippen LogP contribution < -0.4 is 5.32 Å². The van der Waals surface area contributed by atoms with Crippen LogP contribution in [0.1, 0.15) is 46.0 Å². The summed E-state index contributed by atoms with van der Waals surface area (Å²) in [4.78, 5) is 20.9. The van der Waals surface area contributed by atoms with Crippen LogP contribution in [0.2, 0.25) is 0 Å². The predicted molar refractivity (Wildman–Crippen MR) is 110 cm³/mol. The van der Waals surface area contributed by atoms with Gasteiger partial charge in [0.05, 0.1) is 11.9 Å². The number of benzene rings is 1. The summed E-state index contributed by atoms with van der Waals surface area (Å²) in [5.41, 5.74) is 4.78. The normalized spacial score (nSPS) is 18.5. The van der Waals surface area contributed by atoms with Crippen LogP contribution in [0.25, 0.3) is 0 Å². The van der Waals surface area contributed by atoms with Gasteiger partial charge < -0.3 is 4.90 Å². The number of hydrogen-bond acceptors (Lipinski definition) is 4. The zero-order valence-corrected chi connectivity index (χ0v) is 16.7. The van der Waals surface area contributed by atoms with Gasteiger partial charge in [0.2, 0.25) is 0 Å². The van der Waals surface area contributed by atoms with E-state index in [0.717, 1.165) is 23.5 Å². The highest BCUT2D eigenvalue weighted by atomic mass is 32.1. The lowest BCUT2D eigenvalue weighted by Gasteiger charge is -2.34. The number of aryl methyl sites for hydroxylation is 3. The Hall–Kier alpha value is -2.67. The third kappa shape index (κ3) is 3.20. The van der Waals surface area contributed by atoms with Gasteiger partial charge in [-0.1, -0.05) is 24.3 Å². The Morgan fingerprint density at radius 2 is 2.11 bits per heavy atom. The number of amides is 2. The molecule has 0 saturated carbocycles. The van der Waals surface area contributed by atoms with Crippen molar-refractivity contribution in [2.45, 2.75) is 38.1 Å². The number of fused-ring (bicyclic) bond motifs is 2. The highest BCUT2D eigenvalue weighted by Crippen LogP contribution is 2.34. The topological polar surface area (TPSA) is 63.1 Å². The van der Waals surface area contributed by atoms with E-state index in [-0.39, 0.29) is 11.9 Å². The van der Waals surface area contributed by atoms with Gasteiger partial charge in [-0.2, -0.15) is 5.10 Å². The van der Waals surface area contributed by atoms with E-state index in [2.05, 4.69) is 33.6 Å². The summed E-state index contributed by atoms with van der Waals surface area (Å²) in [6.45, 7) is 1.25. The van der Waals surface area contributed by atoms with Gasteiger partial charge in [0.25, 0.3) is 0 Å². The fourth-order valence-electron chi connectivity index (χ4n) is 4.24. The number of thiazole rings is 1. The molecule has 5 rings (SSSR count). The standard InChI is InChI=1S/C21H23N5OS/c1-25-11-15(10-22-25)17-13-26(12-14-6-2-3-7-16(14)17)21(27)24-20-23-18-8-4-5-9-19(18)28-20/h2-3,6-7,10-11,17H,4-5,8-9,12-13H2,1H3,(H,23,24,27)/t17-/m1/s1. The molecule has 2 aromatic heterocycles. The molecule has 144 valence electrons. The van der Waals surface area contributed by atoms with Crippen molar-refractivity contribution in [2.75, 3.05) is 11.9 Å². The molecule has 7 heteroatoms. The van der Waals surface area contributed by atoms with Gasteiger partial charge in [0, 0.05) is 37.1 Å². The number of anilines is 1. The summed E-state index contributed by atoms with van der Waals surface area (Å²) in [6.07, 6.45) is 8.47. The van der Waals surface area contributed by atoms with Crippen LogP contribution in [0.4, 0.5) is 9.93 Å². The first kappa shape index (κ1) is 17.4. The van der Waals surface area contributed by atoms with Gasteiger partial charge >= 0.3 is 6.03 Å². The summed E-state index contributed by atoms with van der Waals surface area (Å²) >= 11 is 1.63. The summed E-state index contributed by atoms with van der Waals surface area (Å²) in [5.74, 6) is 0.133. The van der Waals surface area contributed by atoms with Crippen molar-refractivity contribution >= 4 is 22.5 Å². The second-order valence-corrected chi connectivity index (χ2v) is 8.69. The number of nitrogens with zero attached hydrogens (tertiary/aromatic N) is 4. The van der Waals surface area contributed by atoms with Crippen molar-refractivity contribution in [3.05, 3.63) is 63.9 Å². The predicted octanol–water partition coefficient (Wildman–Crippen LogP) is 3.94. The van der Waals surface area contributed by atoms with Gasteiger partial charge in [-0.25, -0.2) is 9.78 Å². The summed E-state index contributed by atoms with van der Waals surface area (Å²) in [6, 6.07) is 8.31. The van der Waals surface area contributed by atoms with E-state index < -0.39 is 0 Å². The molecule has 1 aliphatic carbocycles. The van der Waals surface area contributed by atoms with Gasteiger partial charge in [-0.05, 0) is 42.4 Å². The molecule has 3 heterocycles. The van der Waals surface area contributed by atoms with Crippen LogP contribution in [-0.2, 0) is 26.4 Å². The Labute approximate surface area is 168 Å². The smallest absolute Gasteiger partial charge is 0.319 e. The number of urea groups is 1. The molecule has 6 nitrogen and oxygen atoms in total. The molecule has 1 aliphatic heterocycles.